The number of hydrogen-bond donors (Lipinski definition) is 0. The van der Waals surface area contributed by atoms with E-state index < -0.39 is 0 Å². The van der Waals surface area contributed by atoms with E-state index in [1.807, 2.05) is 42.3 Å². The fourth-order valence-electron chi connectivity index (χ4n) is 1.62. The van der Waals surface area contributed by atoms with Gasteiger partial charge in [0.15, 0.2) is 5.82 Å². The number of nitrogens with zero attached hydrogens (tertiary/aromatic N) is 4. The quantitative estimate of drug-likeness (QED) is 0.818. The van der Waals surface area contributed by atoms with Gasteiger partial charge in [-0.15, -0.1) is 10.2 Å². The summed E-state index contributed by atoms with van der Waals surface area (Å²) in [5.41, 5.74) is 1.54. The second kappa shape index (κ2) is 6.04. The van der Waals surface area contributed by atoms with Gasteiger partial charge in [0, 0.05) is 26.2 Å². The summed E-state index contributed by atoms with van der Waals surface area (Å²) in [7, 11) is 1.90. The summed E-state index contributed by atoms with van der Waals surface area (Å²) in [6.45, 7) is 2.23. The zero-order chi connectivity index (χ0) is 13.7. The molecule has 0 saturated carbocycles. The molecule has 0 saturated heterocycles. The van der Waals surface area contributed by atoms with Crippen LogP contribution in [0.1, 0.15) is 13.3 Å². The number of carbonyl (C=O) groups excluding carboxylic acids is 1. The van der Waals surface area contributed by atoms with E-state index in [9.17, 15) is 4.79 Å². The van der Waals surface area contributed by atoms with E-state index in [0.29, 0.717) is 13.0 Å². The highest BCUT2D eigenvalue weighted by atomic mass is 16.1. The zero-order valence-corrected chi connectivity index (χ0v) is 11.1. The van der Waals surface area contributed by atoms with Crippen LogP contribution in [0.2, 0.25) is 0 Å². The van der Waals surface area contributed by atoms with Crippen LogP contribution < -0.4 is 4.90 Å². The molecule has 5 heteroatoms. The van der Waals surface area contributed by atoms with Gasteiger partial charge in [-0.3, -0.25) is 9.78 Å². The number of pyridine rings is 1. The van der Waals surface area contributed by atoms with E-state index >= 15 is 0 Å². The number of anilines is 1. The third kappa shape index (κ3) is 3.58. The molecule has 2 rings (SSSR count). The van der Waals surface area contributed by atoms with Crippen molar-refractivity contribution in [2.75, 3.05) is 18.5 Å². The van der Waals surface area contributed by atoms with Crippen LogP contribution in [-0.4, -0.2) is 34.6 Å². The van der Waals surface area contributed by atoms with Crippen molar-refractivity contribution in [3.8, 4) is 11.4 Å². The molecule has 0 N–H and O–H groups in total. The minimum atomic E-state index is 0.171. The Morgan fingerprint density at radius 3 is 2.58 bits per heavy atom. The number of hydrogen-bond acceptors (Lipinski definition) is 5. The summed E-state index contributed by atoms with van der Waals surface area (Å²) >= 11 is 0. The maximum Gasteiger partial charge on any atom is 0.151 e. The Kier molecular flexibility index (Phi) is 4.18. The second-order valence-electron chi connectivity index (χ2n) is 4.37. The van der Waals surface area contributed by atoms with E-state index in [2.05, 4.69) is 15.2 Å². The molecule has 98 valence electrons. The van der Waals surface area contributed by atoms with E-state index in [1.165, 1.54) is 0 Å². The summed E-state index contributed by atoms with van der Waals surface area (Å²) in [5, 5.41) is 8.32. The molecule has 2 aromatic heterocycles. The van der Waals surface area contributed by atoms with Crippen molar-refractivity contribution in [1.82, 2.24) is 15.2 Å². The van der Waals surface area contributed by atoms with Crippen molar-refractivity contribution in [3.63, 3.8) is 0 Å². The first-order valence-corrected chi connectivity index (χ1v) is 6.12. The summed E-state index contributed by atoms with van der Waals surface area (Å²) < 4.78 is 0. The van der Waals surface area contributed by atoms with Crippen molar-refractivity contribution in [1.29, 1.82) is 0 Å². The maximum absolute atomic E-state index is 10.9. The second-order valence-corrected chi connectivity index (χ2v) is 4.37. The third-order valence-electron chi connectivity index (χ3n) is 2.77. The van der Waals surface area contributed by atoms with Gasteiger partial charge in [-0.05, 0) is 31.2 Å². The highest BCUT2D eigenvalue weighted by Crippen LogP contribution is 2.15. The van der Waals surface area contributed by atoms with Crippen molar-refractivity contribution in [3.05, 3.63) is 36.5 Å². The Balaban J connectivity index is 2.08. The van der Waals surface area contributed by atoms with Crippen LogP contribution in [0, 0.1) is 0 Å². The van der Waals surface area contributed by atoms with Gasteiger partial charge in [-0.2, -0.15) is 0 Å². The predicted molar refractivity (Wildman–Crippen MR) is 73.8 cm³/mol. The monoisotopic (exact) mass is 256 g/mol. The number of Topliss-reactive ketones (excluding diaryl/α,β-unsaturated/α-hetero) is 1. The van der Waals surface area contributed by atoms with Crippen molar-refractivity contribution < 1.29 is 4.79 Å². The zero-order valence-electron chi connectivity index (χ0n) is 11.1. The predicted octanol–water partition coefficient (Wildman–Crippen LogP) is 1.95. The van der Waals surface area contributed by atoms with Crippen LogP contribution in [-0.2, 0) is 4.79 Å². The lowest BCUT2D eigenvalue weighted by Gasteiger charge is -2.16. The van der Waals surface area contributed by atoms with Crippen LogP contribution in [0.5, 0.6) is 0 Å². The molecular formula is C14H16N4O. The van der Waals surface area contributed by atoms with Gasteiger partial charge < -0.3 is 4.90 Å². The van der Waals surface area contributed by atoms with Crippen LogP contribution >= 0.6 is 0 Å². The van der Waals surface area contributed by atoms with Crippen molar-refractivity contribution in [2.24, 2.45) is 0 Å². The molecule has 0 unspecified atom stereocenters. The van der Waals surface area contributed by atoms with Gasteiger partial charge >= 0.3 is 0 Å². The molecule has 0 aliphatic carbocycles. The van der Waals surface area contributed by atoms with Gasteiger partial charge in [-0.1, -0.05) is 6.07 Å². The molecule has 0 aliphatic heterocycles. The Hall–Kier alpha value is -2.30. The van der Waals surface area contributed by atoms with Gasteiger partial charge in [0.1, 0.15) is 11.5 Å². The summed E-state index contributed by atoms with van der Waals surface area (Å²) in [6.07, 6.45) is 2.24. The molecule has 0 atom stereocenters. The Labute approximate surface area is 112 Å². The molecule has 0 fully saturated rings. The fraction of sp³-hybridized carbons (Fsp3) is 0.286. The average molecular weight is 256 g/mol. The molecule has 0 spiro atoms. The first-order chi connectivity index (χ1) is 9.16. The third-order valence-corrected chi connectivity index (χ3v) is 2.77. The van der Waals surface area contributed by atoms with Crippen LogP contribution in [0.4, 0.5) is 5.82 Å². The SMILES string of the molecule is CC(=O)CCN(C)c1ccc(-c2ccccn2)nn1. The minimum Gasteiger partial charge on any atom is -0.358 e. The van der Waals surface area contributed by atoms with Crippen molar-refractivity contribution in [2.45, 2.75) is 13.3 Å². The highest BCUT2D eigenvalue weighted by Gasteiger charge is 2.06. The molecule has 19 heavy (non-hydrogen) atoms. The Bertz CT molecular complexity index is 539. The topological polar surface area (TPSA) is 59.0 Å². The van der Waals surface area contributed by atoms with E-state index in [-0.39, 0.29) is 5.78 Å². The number of aromatic nitrogens is 3. The first-order valence-electron chi connectivity index (χ1n) is 6.12. The molecule has 0 aliphatic rings. The van der Waals surface area contributed by atoms with Gasteiger partial charge in [0.05, 0.1) is 5.69 Å². The molecule has 0 radical (unpaired) electrons. The lowest BCUT2D eigenvalue weighted by Crippen LogP contribution is -2.21. The first kappa shape index (κ1) is 13.1. The standard InChI is InChI=1S/C14H16N4O/c1-11(19)8-10-18(2)14-7-6-13(16-17-14)12-5-3-4-9-15-12/h3-7,9H,8,10H2,1-2H3. The van der Waals surface area contributed by atoms with E-state index in [0.717, 1.165) is 17.2 Å². The molecule has 2 aromatic rings. The Morgan fingerprint density at radius 1 is 1.16 bits per heavy atom. The van der Waals surface area contributed by atoms with Crippen LogP contribution in [0.15, 0.2) is 36.5 Å². The fourth-order valence-corrected chi connectivity index (χ4v) is 1.62. The molecule has 0 amide bonds. The lowest BCUT2D eigenvalue weighted by atomic mass is 10.2. The minimum absolute atomic E-state index is 0.171. The van der Waals surface area contributed by atoms with Crippen molar-refractivity contribution >= 4 is 11.6 Å². The molecule has 0 aromatic carbocycles. The Morgan fingerprint density at radius 2 is 2.00 bits per heavy atom. The highest BCUT2D eigenvalue weighted by molar-refractivity contribution is 5.76. The summed E-state index contributed by atoms with van der Waals surface area (Å²) in [6, 6.07) is 9.44. The van der Waals surface area contributed by atoms with Gasteiger partial charge in [0.25, 0.3) is 0 Å². The normalized spacial score (nSPS) is 10.2. The summed E-state index contributed by atoms with van der Waals surface area (Å²) in [4.78, 5) is 17.1. The van der Waals surface area contributed by atoms with Gasteiger partial charge in [0.2, 0.25) is 0 Å². The maximum atomic E-state index is 10.9. The lowest BCUT2D eigenvalue weighted by molar-refractivity contribution is -0.116. The summed E-state index contributed by atoms with van der Waals surface area (Å²) in [5.74, 6) is 0.922. The molecular weight excluding hydrogens is 240 g/mol. The van der Waals surface area contributed by atoms with Crippen LogP contribution in [0.3, 0.4) is 0 Å². The van der Waals surface area contributed by atoms with Gasteiger partial charge in [-0.25, -0.2) is 0 Å². The molecule has 5 nitrogen and oxygen atoms in total. The van der Waals surface area contributed by atoms with E-state index in [4.69, 9.17) is 0 Å². The number of ketones is 1. The number of rotatable bonds is 5. The smallest absolute Gasteiger partial charge is 0.151 e. The average Bonchev–Trinajstić information content (AvgIpc) is 2.46. The van der Waals surface area contributed by atoms with Crippen LogP contribution in [0.25, 0.3) is 11.4 Å². The largest absolute Gasteiger partial charge is 0.358 e. The molecule has 0 bridgehead atoms. The molecule has 2 heterocycles. The van der Waals surface area contributed by atoms with E-state index in [1.54, 1.807) is 13.1 Å². The number of carbonyl (C=O) groups is 1.